The van der Waals surface area contributed by atoms with E-state index in [1.807, 2.05) is 12.2 Å². The smallest absolute Gasteiger partial charge is 0.267 e. The lowest BCUT2D eigenvalue weighted by molar-refractivity contribution is -0.249. The number of aliphatic hydroxyl groups excluding tert-OH is 1. The van der Waals surface area contributed by atoms with Crippen molar-refractivity contribution in [3.8, 4) is 0 Å². The number of ether oxygens (including phenoxy) is 2. The van der Waals surface area contributed by atoms with Crippen molar-refractivity contribution in [3.05, 3.63) is 12.2 Å². The molecule has 0 fully saturated rings. The van der Waals surface area contributed by atoms with Crippen molar-refractivity contribution < 1.29 is 19.7 Å². The van der Waals surface area contributed by atoms with Gasteiger partial charge >= 0.3 is 0 Å². The number of rotatable bonds is 3. The molecule has 0 aromatic rings. The van der Waals surface area contributed by atoms with Crippen LogP contribution in [0.2, 0.25) is 0 Å². The van der Waals surface area contributed by atoms with Gasteiger partial charge in [0.2, 0.25) is 0 Å². The molecule has 4 heteroatoms. The third-order valence-electron chi connectivity index (χ3n) is 2.41. The lowest BCUT2D eigenvalue weighted by Crippen LogP contribution is -2.23. The summed E-state index contributed by atoms with van der Waals surface area (Å²) in [5.41, 5.74) is 0. The molecule has 1 aliphatic carbocycles. The van der Waals surface area contributed by atoms with Gasteiger partial charge in [-0.25, -0.2) is 0 Å². The van der Waals surface area contributed by atoms with Crippen molar-refractivity contribution in [2.45, 2.75) is 44.4 Å². The van der Waals surface area contributed by atoms with Crippen LogP contribution < -0.4 is 0 Å². The Hall–Kier alpha value is -0.420. The van der Waals surface area contributed by atoms with E-state index in [1.54, 1.807) is 7.11 Å². The maximum atomic E-state index is 8.66. The fourth-order valence-corrected chi connectivity index (χ4v) is 1.63. The molecule has 14 heavy (non-hydrogen) atoms. The van der Waals surface area contributed by atoms with Crippen molar-refractivity contribution >= 4 is 0 Å². The molecule has 0 aromatic heterocycles. The minimum Gasteiger partial charge on any atom is -0.381 e. The summed E-state index contributed by atoms with van der Waals surface area (Å²) < 4.78 is 10.2. The fraction of sp³-hybridized carbons (Fsp3) is 0.800. The summed E-state index contributed by atoms with van der Waals surface area (Å²) in [6, 6.07) is 0. The number of aliphatic hydroxyl groups is 2. The Kier molecular flexibility index (Phi) is 5.11. The molecule has 2 unspecified atom stereocenters. The average Bonchev–Trinajstić information content (AvgIpc) is 2.10. The zero-order valence-electron chi connectivity index (χ0n) is 8.43. The van der Waals surface area contributed by atoms with E-state index in [9.17, 15) is 0 Å². The van der Waals surface area contributed by atoms with Gasteiger partial charge in [0.05, 0.1) is 12.2 Å². The van der Waals surface area contributed by atoms with Gasteiger partial charge in [0.1, 0.15) is 0 Å². The maximum absolute atomic E-state index is 8.66. The van der Waals surface area contributed by atoms with Gasteiger partial charge in [-0.05, 0) is 25.7 Å². The highest BCUT2D eigenvalue weighted by molar-refractivity contribution is 4.92. The summed E-state index contributed by atoms with van der Waals surface area (Å²) in [5, 5.41) is 17.3. The molecule has 0 amide bonds. The third-order valence-corrected chi connectivity index (χ3v) is 2.41. The first-order valence-corrected chi connectivity index (χ1v) is 4.93. The van der Waals surface area contributed by atoms with E-state index in [1.165, 1.54) is 0 Å². The maximum Gasteiger partial charge on any atom is 0.267 e. The molecule has 0 saturated heterocycles. The van der Waals surface area contributed by atoms with Crippen LogP contribution in [0.15, 0.2) is 12.2 Å². The molecule has 0 spiro atoms. The Morgan fingerprint density at radius 1 is 1.29 bits per heavy atom. The Bertz CT molecular complexity index is 179. The first-order chi connectivity index (χ1) is 6.72. The lowest BCUT2D eigenvalue weighted by atomic mass is 10.0. The quantitative estimate of drug-likeness (QED) is 0.524. The van der Waals surface area contributed by atoms with Crippen LogP contribution in [0.3, 0.4) is 0 Å². The van der Waals surface area contributed by atoms with Crippen LogP contribution in [0.4, 0.5) is 0 Å². The molecule has 82 valence electrons. The Balaban J connectivity index is 2.40. The zero-order chi connectivity index (χ0) is 10.4. The number of hydrogen-bond acceptors (Lipinski definition) is 4. The van der Waals surface area contributed by atoms with Crippen LogP contribution in [0.5, 0.6) is 0 Å². The van der Waals surface area contributed by atoms with Crippen LogP contribution >= 0.6 is 0 Å². The first kappa shape index (κ1) is 11.7. The molecule has 1 aliphatic rings. The number of hydrogen-bond donors (Lipinski definition) is 2. The van der Waals surface area contributed by atoms with Crippen molar-refractivity contribution in [2.75, 3.05) is 7.11 Å². The second-order valence-corrected chi connectivity index (χ2v) is 3.44. The molecule has 0 aliphatic heterocycles. The van der Waals surface area contributed by atoms with Crippen molar-refractivity contribution in [1.29, 1.82) is 0 Å². The highest BCUT2D eigenvalue weighted by Gasteiger charge is 2.15. The Labute approximate surface area is 84.1 Å². The van der Waals surface area contributed by atoms with E-state index in [4.69, 9.17) is 19.7 Å². The van der Waals surface area contributed by atoms with E-state index >= 15 is 0 Å². The Morgan fingerprint density at radius 2 is 2.07 bits per heavy atom. The minimum absolute atomic E-state index is 0.215. The molecule has 0 radical (unpaired) electrons. The second-order valence-electron chi connectivity index (χ2n) is 3.44. The van der Waals surface area contributed by atoms with E-state index in [-0.39, 0.29) is 12.2 Å². The van der Waals surface area contributed by atoms with Gasteiger partial charge in [0.25, 0.3) is 6.48 Å². The second kappa shape index (κ2) is 6.14. The van der Waals surface area contributed by atoms with Gasteiger partial charge < -0.3 is 19.7 Å². The molecule has 1 rings (SSSR count). The summed E-state index contributed by atoms with van der Waals surface area (Å²) >= 11 is 0. The van der Waals surface area contributed by atoms with Gasteiger partial charge in [-0.3, -0.25) is 0 Å². The van der Waals surface area contributed by atoms with Crippen LogP contribution in [-0.2, 0) is 9.47 Å². The Morgan fingerprint density at radius 3 is 2.71 bits per heavy atom. The predicted molar refractivity (Wildman–Crippen MR) is 51.5 cm³/mol. The number of allylic oxidation sites excluding steroid dienone is 1. The van der Waals surface area contributed by atoms with Crippen molar-refractivity contribution in [1.82, 2.24) is 0 Å². The summed E-state index contributed by atoms with van der Waals surface area (Å²) in [6.45, 7) is -1.69. The monoisotopic (exact) mass is 202 g/mol. The summed E-state index contributed by atoms with van der Waals surface area (Å²) in [5.74, 6) is 0. The van der Waals surface area contributed by atoms with Gasteiger partial charge in [-0.15, -0.1) is 0 Å². The predicted octanol–water partition coefficient (Wildman–Crippen LogP) is 0.785. The van der Waals surface area contributed by atoms with Gasteiger partial charge in [0, 0.05) is 7.11 Å². The molecular weight excluding hydrogens is 184 g/mol. The molecule has 2 atom stereocenters. The third kappa shape index (κ3) is 4.19. The summed E-state index contributed by atoms with van der Waals surface area (Å²) in [6.07, 6.45) is 7.52. The highest BCUT2D eigenvalue weighted by atomic mass is 16.7. The molecule has 0 bridgehead atoms. The molecule has 0 aromatic carbocycles. The largest absolute Gasteiger partial charge is 0.381 e. The zero-order valence-corrected chi connectivity index (χ0v) is 8.43. The van der Waals surface area contributed by atoms with Crippen LogP contribution in [0.1, 0.15) is 25.7 Å². The normalized spacial score (nSPS) is 28.9. The molecule has 2 N–H and O–H groups in total. The van der Waals surface area contributed by atoms with E-state index in [0.29, 0.717) is 0 Å². The molecule has 0 saturated carbocycles. The summed E-state index contributed by atoms with van der Waals surface area (Å²) in [7, 11) is 1.70. The molecule has 0 heterocycles. The lowest BCUT2D eigenvalue weighted by Gasteiger charge is -2.21. The van der Waals surface area contributed by atoms with Gasteiger partial charge in [-0.2, -0.15) is 0 Å². The van der Waals surface area contributed by atoms with Gasteiger partial charge in [-0.1, -0.05) is 12.2 Å². The SMILES string of the molecule is COC1CCC=CC(OC(O)O)CC1. The number of methoxy groups -OCH3 is 1. The van der Waals surface area contributed by atoms with Gasteiger partial charge in [0.15, 0.2) is 0 Å². The highest BCUT2D eigenvalue weighted by Crippen LogP contribution is 2.17. The average molecular weight is 202 g/mol. The molecular formula is C10H18O4. The minimum atomic E-state index is -1.69. The summed E-state index contributed by atoms with van der Waals surface area (Å²) in [4.78, 5) is 0. The van der Waals surface area contributed by atoms with Crippen molar-refractivity contribution in [3.63, 3.8) is 0 Å². The van der Waals surface area contributed by atoms with E-state index in [2.05, 4.69) is 0 Å². The van der Waals surface area contributed by atoms with Crippen LogP contribution in [0.25, 0.3) is 0 Å². The van der Waals surface area contributed by atoms with E-state index < -0.39 is 6.48 Å². The van der Waals surface area contributed by atoms with Crippen LogP contribution in [0, 0.1) is 0 Å². The van der Waals surface area contributed by atoms with Crippen molar-refractivity contribution in [2.24, 2.45) is 0 Å². The molecule has 4 nitrogen and oxygen atoms in total. The fourth-order valence-electron chi connectivity index (χ4n) is 1.63. The van der Waals surface area contributed by atoms with E-state index in [0.717, 1.165) is 25.7 Å². The first-order valence-electron chi connectivity index (χ1n) is 4.93. The standard InChI is InChI=1S/C10H18O4/c1-13-8-4-2-3-5-9(7-6-8)14-10(11)12/h3,5,8-12H,2,4,6-7H2,1H3. The van der Waals surface area contributed by atoms with Crippen LogP contribution in [-0.4, -0.2) is 36.0 Å². The topological polar surface area (TPSA) is 58.9 Å².